The molecular formula is C24H34N4O3S. The lowest BCUT2D eigenvalue weighted by molar-refractivity contribution is 0.0943. The van der Waals surface area contributed by atoms with Crippen LogP contribution in [0.25, 0.3) is 0 Å². The molecule has 0 spiro atoms. The topological polar surface area (TPSA) is 90.5 Å². The molecule has 0 aromatic heterocycles. The number of hydrogen-bond acceptors (Lipinski definition) is 5. The highest BCUT2D eigenvalue weighted by molar-refractivity contribution is 7.92. The number of rotatable bonds is 8. The molecule has 0 unspecified atom stereocenters. The second-order valence-electron chi connectivity index (χ2n) is 8.94. The van der Waals surface area contributed by atoms with E-state index in [1.807, 2.05) is 32.0 Å². The molecule has 32 heavy (non-hydrogen) atoms. The minimum Gasteiger partial charge on any atom is -0.368 e. The van der Waals surface area contributed by atoms with Crippen LogP contribution in [0, 0.1) is 5.92 Å². The second kappa shape index (κ2) is 10.4. The summed E-state index contributed by atoms with van der Waals surface area (Å²) < 4.78 is 28.5. The van der Waals surface area contributed by atoms with Gasteiger partial charge in [-0.1, -0.05) is 26.0 Å². The Kier molecular flexibility index (Phi) is 7.79. The molecule has 2 aromatic carbocycles. The van der Waals surface area contributed by atoms with Crippen LogP contribution in [0.1, 0.15) is 43.6 Å². The molecule has 2 aromatic rings. The van der Waals surface area contributed by atoms with Gasteiger partial charge in [0.15, 0.2) is 0 Å². The third-order valence-corrected chi connectivity index (χ3v) is 6.65. The summed E-state index contributed by atoms with van der Waals surface area (Å²) in [5.74, 6) is 0.285. The van der Waals surface area contributed by atoms with Crippen LogP contribution in [0.3, 0.4) is 0 Å². The molecule has 1 saturated heterocycles. The highest BCUT2D eigenvalue weighted by Crippen LogP contribution is 2.27. The predicted octanol–water partition coefficient (Wildman–Crippen LogP) is 3.23. The molecule has 1 fully saturated rings. The monoisotopic (exact) mass is 458 g/mol. The molecular weight excluding hydrogens is 424 g/mol. The highest BCUT2D eigenvalue weighted by atomic mass is 32.2. The first-order valence-electron chi connectivity index (χ1n) is 11.2. The van der Waals surface area contributed by atoms with Crippen molar-refractivity contribution < 1.29 is 13.2 Å². The van der Waals surface area contributed by atoms with Gasteiger partial charge in [-0.3, -0.25) is 9.52 Å². The van der Waals surface area contributed by atoms with Gasteiger partial charge in [0.25, 0.3) is 15.9 Å². The molecule has 0 aliphatic carbocycles. The normalized spacial score (nSPS) is 14.6. The summed E-state index contributed by atoms with van der Waals surface area (Å²) in [6.45, 7) is 11.3. The van der Waals surface area contributed by atoms with Gasteiger partial charge in [-0.15, -0.1) is 0 Å². The largest absolute Gasteiger partial charge is 0.368 e. The van der Waals surface area contributed by atoms with Crippen LogP contribution in [0.2, 0.25) is 0 Å². The number of benzene rings is 2. The van der Waals surface area contributed by atoms with E-state index in [-0.39, 0.29) is 16.8 Å². The summed E-state index contributed by atoms with van der Waals surface area (Å²) in [5.41, 5.74) is 2.75. The number of amides is 1. The third kappa shape index (κ3) is 6.23. The van der Waals surface area contributed by atoms with E-state index in [9.17, 15) is 13.2 Å². The lowest BCUT2D eigenvalue weighted by atomic mass is 10.0. The van der Waals surface area contributed by atoms with Gasteiger partial charge in [0.2, 0.25) is 0 Å². The van der Waals surface area contributed by atoms with Crippen molar-refractivity contribution in [3.05, 3.63) is 53.6 Å². The van der Waals surface area contributed by atoms with E-state index >= 15 is 0 Å². The fourth-order valence-electron chi connectivity index (χ4n) is 3.79. The van der Waals surface area contributed by atoms with E-state index in [0.717, 1.165) is 43.9 Å². The van der Waals surface area contributed by atoms with Crippen molar-refractivity contribution in [2.45, 2.75) is 45.1 Å². The quantitative estimate of drug-likeness (QED) is 0.565. The zero-order valence-electron chi connectivity index (χ0n) is 19.3. The first kappa shape index (κ1) is 24.1. The highest BCUT2D eigenvalue weighted by Gasteiger charge is 2.21. The van der Waals surface area contributed by atoms with Crippen molar-refractivity contribution in [3.63, 3.8) is 0 Å². The van der Waals surface area contributed by atoms with Gasteiger partial charge in [-0.2, -0.15) is 0 Å². The van der Waals surface area contributed by atoms with Gasteiger partial charge in [-0.25, -0.2) is 8.42 Å². The molecule has 0 atom stereocenters. The molecule has 174 valence electrons. The molecule has 0 bridgehead atoms. The molecule has 3 N–H and O–H groups in total. The Morgan fingerprint density at radius 3 is 2.28 bits per heavy atom. The summed E-state index contributed by atoms with van der Waals surface area (Å²) in [6, 6.07) is 12.1. The smallest absolute Gasteiger partial charge is 0.261 e. The van der Waals surface area contributed by atoms with Crippen LogP contribution in [-0.2, 0) is 16.4 Å². The molecule has 0 saturated carbocycles. The van der Waals surface area contributed by atoms with Crippen molar-refractivity contribution in [2.24, 2.45) is 5.92 Å². The molecule has 7 nitrogen and oxygen atoms in total. The molecule has 8 heteroatoms. The number of carbonyl (C=O) groups is 1. The number of sulfonamides is 1. The maximum absolute atomic E-state index is 13.0. The van der Waals surface area contributed by atoms with Crippen molar-refractivity contribution in [2.75, 3.05) is 35.8 Å². The van der Waals surface area contributed by atoms with Gasteiger partial charge in [0, 0.05) is 43.6 Å². The zero-order valence-corrected chi connectivity index (χ0v) is 20.1. The van der Waals surface area contributed by atoms with Crippen molar-refractivity contribution in [3.8, 4) is 0 Å². The summed E-state index contributed by atoms with van der Waals surface area (Å²) >= 11 is 0. The van der Waals surface area contributed by atoms with E-state index in [0.29, 0.717) is 17.2 Å². The summed E-state index contributed by atoms with van der Waals surface area (Å²) in [6.07, 6.45) is 0.898. The Hall–Kier alpha value is -2.58. The van der Waals surface area contributed by atoms with Gasteiger partial charge in [0.05, 0.1) is 10.5 Å². The predicted molar refractivity (Wildman–Crippen MR) is 130 cm³/mol. The number of anilines is 2. The zero-order chi connectivity index (χ0) is 23.3. The molecule has 3 rings (SSSR count). The minimum absolute atomic E-state index is 0.0249. The molecule has 1 amide bonds. The van der Waals surface area contributed by atoms with E-state index in [1.165, 1.54) is 0 Å². The summed E-state index contributed by atoms with van der Waals surface area (Å²) in [7, 11) is -3.77. The van der Waals surface area contributed by atoms with E-state index in [1.54, 1.807) is 24.3 Å². The average Bonchev–Trinajstić information content (AvgIpc) is 2.73. The SMILES string of the molecule is CC(C)Cc1ccc(S(=O)(=O)Nc2ccc(N3CCNCC3)c(C(=O)NC(C)C)c2)cc1. The third-order valence-electron chi connectivity index (χ3n) is 5.25. The van der Waals surface area contributed by atoms with E-state index in [4.69, 9.17) is 0 Å². The van der Waals surface area contributed by atoms with Gasteiger partial charge in [-0.05, 0) is 62.1 Å². The lowest BCUT2D eigenvalue weighted by Gasteiger charge is -2.31. The minimum atomic E-state index is -3.77. The first-order valence-corrected chi connectivity index (χ1v) is 12.7. The number of carbonyl (C=O) groups excluding carboxylic acids is 1. The fourth-order valence-corrected chi connectivity index (χ4v) is 4.84. The molecule has 1 heterocycles. The van der Waals surface area contributed by atoms with Gasteiger partial charge in [0.1, 0.15) is 0 Å². The summed E-state index contributed by atoms with van der Waals surface area (Å²) in [4.78, 5) is 15.3. The lowest BCUT2D eigenvalue weighted by Crippen LogP contribution is -2.44. The van der Waals surface area contributed by atoms with Crippen LogP contribution in [-0.4, -0.2) is 46.5 Å². The Morgan fingerprint density at radius 2 is 1.69 bits per heavy atom. The van der Waals surface area contributed by atoms with Crippen molar-refractivity contribution >= 4 is 27.3 Å². The molecule has 0 radical (unpaired) electrons. The maximum Gasteiger partial charge on any atom is 0.261 e. The van der Waals surface area contributed by atoms with Crippen LogP contribution >= 0.6 is 0 Å². The van der Waals surface area contributed by atoms with Gasteiger partial charge < -0.3 is 15.5 Å². The maximum atomic E-state index is 13.0. The van der Waals surface area contributed by atoms with Crippen molar-refractivity contribution in [1.82, 2.24) is 10.6 Å². The number of hydrogen-bond donors (Lipinski definition) is 3. The number of nitrogens with one attached hydrogen (secondary N) is 3. The Morgan fingerprint density at radius 1 is 1.03 bits per heavy atom. The molecule has 1 aliphatic heterocycles. The van der Waals surface area contributed by atoms with E-state index < -0.39 is 10.0 Å². The Labute approximate surface area is 191 Å². The Bertz CT molecular complexity index is 1030. The average molecular weight is 459 g/mol. The number of nitrogens with zero attached hydrogens (tertiary/aromatic N) is 1. The van der Waals surface area contributed by atoms with Crippen LogP contribution in [0.5, 0.6) is 0 Å². The summed E-state index contributed by atoms with van der Waals surface area (Å²) in [5, 5.41) is 6.23. The van der Waals surface area contributed by atoms with Gasteiger partial charge >= 0.3 is 0 Å². The van der Waals surface area contributed by atoms with Crippen molar-refractivity contribution in [1.29, 1.82) is 0 Å². The Balaban J connectivity index is 1.87. The first-order chi connectivity index (χ1) is 15.2. The fraction of sp³-hybridized carbons (Fsp3) is 0.458. The van der Waals surface area contributed by atoms with Crippen LogP contribution < -0.4 is 20.3 Å². The van der Waals surface area contributed by atoms with E-state index in [2.05, 4.69) is 34.1 Å². The van der Waals surface area contributed by atoms with Crippen LogP contribution in [0.4, 0.5) is 11.4 Å². The standard InChI is InChI=1S/C24H34N4O3S/c1-17(2)15-19-5-8-21(9-6-19)32(30,31)27-20-7-10-23(28-13-11-25-12-14-28)22(16-20)24(29)26-18(3)4/h5-10,16-18,25,27H,11-15H2,1-4H3,(H,26,29). The van der Waals surface area contributed by atoms with Crippen LogP contribution in [0.15, 0.2) is 47.4 Å². The molecule has 1 aliphatic rings. The second-order valence-corrected chi connectivity index (χ2v) is 10.6. The number of piperazine rings is 1.